The van der Waals surface area contributed by atoms with Gasteiger partial charge in [-0.2, -0.15) is 0 Å². The molecule has 0 unspecified atom stereocenters. The summed E-state index contributed by atoms with van der Waals surface area (Å²) in [6.07, 6.45) is 6.63. The van der Waals surface area contributed by atoms with E-state index < -0.39 is 0 Å². The van der Waals surface area contributed by atoms with Gasteiger partial charge in [0, 0.05) is 12.6 Å². The summed E-state index contributed by atoms with van der Waals surface area (Å²) in [5.41, 5.74) is 0.542. The molecule has 0 spiro atoms. The minimum atomic E-state index is -0.324. The Morgan fingerprint density at radius 2 is 1.90 bits per heavy atom. The number of esters is 1. The first-order valence-corrected chi connectivity index (χ1v) is 7.34. The maximum atomic E-state index is 11.3. The predicted octanol–water partition coefficient (Wildman–Crippen LogP) is 2.77. The van der Waals surface area contributed by atoms with Crippen molar-refractivity contribution < 1.29 is 14.3 Å². The van der Waals surface area contributed by atoms with Crippen LogP contribution in [0.15, 0.2) is 24.3 Å². The Hall–Kier alpha value is -1.55. The lowest BCUT2D eigenvalue weighted by molar-refractivity contribution is 0.0600. The molecule has 0 radical (unpaired) electrons. The second-order valence-corrected chi connectivity index (χ2v) is 5.15. The third-order valence-electron chi connectivity index (χ3n) is 3.68. The molecule has 0 bridgehead atoms. The standard InChI is InChI=1S/C16H23NO3/c1-19-16(18)13-7-9-15(10-8-13)20-12-11-17-14-5-3-2-4-6-14/h7-10,14,17H,2-6,11-12H2,1H3. The molecule has 1 aromatic rings. The van der Waals surface area contributed by atoms with E-state index in [0.29, 0.717) is 18.2 Å². The minimum absolute atomic E-state index is 0.324. The van der Waals surface area contributed by atoms with Gasteiger partial charge in [-0.15, -0.1) is 0 Å². The number of ether oxygens (including phenoxy) is 2. The zero-order chi connectivity index (χ0) is 14.2. The molecule has 4 nitrogen and oxygen atoms in total. The monoisotopic (exact) mass is 277 g/mol. The highest BCUT2D eigenvalue weighted by atomic mass is 16.5. The lowest BCUT2D eigenvalue weighted by Crippen LogP contribution is -2.34. The number of rotatable bonds is 6. The molecule has 1 aromatic carbocycles. The van der Waals surface area contributed by atoms with Crippen LogP contribution in [0.3, 0.4) is 0 Å². The van der Waals surface area contributed by atoms with Crippen LogP contribution >= 0.6 is 0 Å². The second-order valence-electron chi connectivity index (χ2n) is 5.15. The summed E-state index contributed by atoms with van der Waals surface area (Å²) < 4.78 is 10.3. The number of nitrogens with one attached hydrogen (secondary N) is 1. The van der Waals surface area contributed by atoms with Gasteiger partial charge in [-0.1, -0.05) is 19.3 Å². The molecule has 2 rings (SSSR count). The quantitative estimate of drug-likeness (QED) is 0.641. The number of hydrogen-bond acceptors (Lipinski definition) is 4. The molecule has 1 aliphatic carbocycles. The van der Waals surface area contributed by atoms with Crippen LogP contribution in [0.4, 0.5) is 0 Å². The Bertz CT molecular complexity index is 410. The van der Waals surface area contributed by atoms with Gasteiger partial charge in [-0.25, -0.2) is 4.79 Å². The van der Waals surface area contributed by atoms with Gasteiger partial charge in [0.05, 0.1) is 12.7 Å². The molecular formula is C16H23NO3. The third kappa shape index (κ3) is 4.53. The van der Waals surface area contributed by atoms with E-state index in [0.717, 1.165) is 12.3 Å². The first-order valence-electron chi connectivity index (χ1n) is 7.34. The van der Waals surface area contributed by atoms with Crippen molar-refractivity contribution in [1.29, 1.82) is 0 Å². The van der Waals surface area contributed by atoms with Gasteiger partial charge in [0.25, 0.3) is 0 Å². The lowest BCUT2D eigenvalue weighted by atomic mass is 9.96. The van der Waals surface area contributed by atoms with Gasteiger partial charge in [0.15, 0.2) is 0 Å². The third-order valence-corrected chi connectivity index (χ3v) is 3.68. The summed E-state index contributed by atoms with van der Waals surface area (Å²) in [6, 6.07) is 7.69. The van der Waals surface area contributed by atoms with Crippen molar-refractivity contribution in [1.82, 2.24) is 5.32 Å². The van der Waals surface area contributed by atoms with Crippen LogP contribution in [-0.4, -0.2) is 32.3 Å². The average Bonchev–Trinajstić information content (AvgIpc) is 2.52. The molecule has 110 valence electrons. The Labute approximate surface area is 120 Å². The molecule has 0 aromatic heterocycles. The van der Waals surface area contributed by atoms with Crippen molar-refractivity contribution in [3.05, 3.63) is 29.8 Å². The van der Waals surface area contributed by atoms with Crippen molar-refractivity contribution in [2.45, 2.75) is 38.1 Å². The topological polar surface area (TPSA) is 47.6 Å². The largest absolute Gasteiger partial charge is 0.492 e. The van der Waals surface area contributed by atoms with Gasteiger partial charge in [-0.05, 0) is 37.1 Å². The van der Waals surface area contributed by atoms with E-state index in [-0.39, 0.29) is 5.97 Å². The summed E-state index contributed by atoms with van der Waals surface area (Å²) in [4.78, 5) is 11.3. The van der Waals surface area contributed by atoms with Crippen molar-refractivity contribution in [3.8, 4) is 5.75 Å². The Balaban J connectivity index is 1.67. The van der Waals surface area contributed by atoms with E-state index in [2.05, 4.69) is 10.1 Å². The zero-order valence-electron chi connectivity index (χ0n) is 12.1. The van der Waals surface area contributed by atoms with Crippen LogP contribution in [0.5, 0.6) is 5.75 Å². The summed E-state index contributed by atoms with van der Waals surface area (Å²) in [5.74, 6) is 0.457. The Morgan fingerprint density at radius 3 is 2.55 bits per heavy atom. The fourth-order valence-electron chi connectivity index (χ4n) is 2.54. The highest BCUT2D eigenvalue weighted by Crippen LogP contribution is 2.17. The van der Waals surface area contributed by atoms with E-state index in [4.69, 9.17) is 4.74 Å². The minimum Gasteiger partial charge on any atom is -0.492 e. The number of carbonyl (C=O) groups is 1. The molecule has 4 heteroatoms. The Morgan fingerprint density at radius 1 is 1.20 bits per heavy atom. The van der Waals surface area contributed by atoms with Crippen LogP contribution in [0, 0.1) is 0 Å². The fraction of sp³-hybridized carbons (Fsp3) is 0.562. The van der Waals surface area contributed by atoms with Crippen LogP contribution in [0.25, 0.3) is 0 Å². The number of carbonyl (C=O) groups excluding carboxylic acids is 1. The maximum Gasteiger partial charge on any atom is 0.337 e. The van der Waals surface area contributed by atoms with E-state index in [1.165, 1.54) is 39.2 Å². The smallest absolute Gasteiger partial charge is 0.337 e. The zero-order valence-corrected chi connectivity index (χ0v) is 12.1. The van der Waals surface area contributed by atoms with Crippen molar-refractivity contribution >= 4 is 5.97 Å². The lowest BCUT2D eigenvalue weighted by Gasteiger charge is -2.22. The fourth-order valence-corrected chi connectivity index (χ4v) is 2.54. The van der Waals surface area contributed by atoms with Gasteiger partial charge >= 0.3 is 5.97 Å². The molecular weight excluding hydrogens is 254 g/mol. The molecule has 0 heterocycles. The number of methoxy groups -OCH3 is 1. The van der Waals surface area contributed by atoms with Crippen LogP contribution in [0.1, 0.15) is 42.5 Å². The molecule has 1 saturated carbocycles. The van der Waals surface area contributed by atoms with Crippen LogP contribution in [-0.2, 0) is 4.74 Å². The highest BCUT2D eigenvalue weighted by Gasteiger charge is 2.11. The molecule has 0 atom stereocenters. The number of hydrogen-bond donors (Lipinski definition) is 1. The van der Waals surface area contributed by atoms with E-state index in [9.17, 15) is 4.79 Å². The summed E-state index contributed by atoms with van der Waals surface area (Å²) >= 11 is 0. The molecule has 0 aliphatic heterocycles. The van der Waals surface area contributed by atoms with E-state index in [1.807, 2.05) is 0 Å². The summed E-state index contributed by atoms with van der Waals surface area (Å²) in [6.45, 7) is 1.51. The van der Waals surface area contributed by atoms with Crippen LogP contribution in [0.2, 0.25) is 0 Å². The van der Waals surface area contributed by atoms with Crippen molar-refractivity contribution in [2.75, 3.05) is 20.3 Å². The predicted molar refractivity (Wildman–Crippen MR) is 78.2 cm³/mol. The molecule has 1 N–H and O–H groups in total. The van der Waals surface area contributed by atoms with Gasteiger partial charge < -0.3 is 14.8 Å². The molecule has 1 aliphatic rings. The molecule has 1 fully saturated rings. The van der Waals surface area contributed by atoms with Gasteiger partial charge in [-0.3, -0.25) is 0 Å². The number of benzene rings is 1. The molecule has 0 saturated heterocycles. The normalized spacial score (nSPS) is 15.8. The van der Waals surface area contributed by atoms with E-state index in [1.54, 1.807) is 24.3 Å². The van der Waals surface area contributed by atoms with Crippen LogP contribution < -0.4 is 10.1 Å². The summed E-state index contributed by atoms with van der Waals surface area (Å²) in [5, 5.41) is 3.53. The average molecular weight is 277 g/mol. The highest BCUT2D eigenvalue weighted by molar-refractivity contribution is 5.89. The van der Waals surface area contributed by atoms with Gasteiger partial charge in [0.1, 0.15) is 12.4 Å². The van der Waals surface area contributed by atoms with E-state index >= 15 is 0 Å². The first-order chi connectivity index (χ1) is 9.79. The SMILES string of the molecule is COC(=O)c1ccc(OCCNC2CCCCC2)cc1. The first kappa shape index (κ1) is 14.9. The van der Waals surface area contributed by atoms with Gasteiger partial charge in [0.2, 0.25) is 0 Å². The molecule has 0 amide bonds. The second kappa shape index (κ2) is 7.90. The Kier molecular flexibility index (Phi) is 5.87. The summed E-state index contributed by atoms with van der Waals surface area (Å²) in [7, 11) is 1.38. The maximum absolute atomic E-state index is 11.3. The molecule has 20 heavy (non-hydrogen) atoms. The van der Waals surface area contributed by atoms with Crippen molar-refractivity contribution in [3.63, 3.8) is 0 Å². The van der Waals surface area contributed by atoms with Crippen molar-refractivity contribution in [2.24, 2.45) is 0 Å².